The molecule has 0 atom stereocenters. The minimum atomic E-state index is -0.152. The highest BCUT2D eigenvalue weighted by atomic mass is 16.5. The first-order valence-electron chi connectivity index (χ1n) is 9.59. The molecule has 0 saturated heterocycles. The van der Waals surface area contributed by atoms with Gasteiger partial charge in [0.05, 0.1) is 13.7 Å². The minimum Gasteiger partial charge on any atom is -0.497 e. The number of hydrogen-bond acceptors (Lipinski definition) is 3. The number of hydrogen-bond donors (Lipinski definition) is 1. The number of amides is 1. The number of aromatic amines is 1. The Kier molecular flexibility index (Phi) is 6.14. The van der Waals surface area contributed by atoms with Gasteiger partial charge in [-0.1, -0.05) is 32.0 Å². The fraction of sp³-hybridized carbons (Fsp3) is 0.304. The Morgan fingerprint density at radius 2 is 1.71 bits per heavy atom. The number of rotatable bonds is 7. The zero-order valence-corrected chi connectivity index (χ0v) is 16.6. The molecule has 1 heterocycles. The van der Waals surface area contributed by atoms with Gasteiger partial charge in [0.2, 0.25) is 5.91 Å². The maximum Gasteiger partial charge on any atom is 0.253 e. The third kappa shape index (κ3) is 4.42. The van der Waals surface area contributed by atoms with Crippen LogP contribution >= 0.6 is 0 Å². The number of H-pyrrole nitrogens is 1. The largest absolute Gasteiger partial charge is 0.497 e. The molecule has 3 rings (SSSR count). The molecule has 28 heavy (non-hydrogen) atoms. The summed E-state index contributed by atoms with van der Waals surface area (Å²) in [7, 11) is 1.62. The fourth-order valence-corrected chi connectivity index (χ4v) is 3.25. The lowest BCUT2D eigenvalue weighted by atomic mass is 10.1. The average Bonchev–Trinajstić information content (AvgIpc) is 2.73. The molecule has 2 aromatic carbocycles. The highest BCUT2D eigenvalue weighted by molar-refractivity contribution is 5.80. The number of benzene rings is 2. The first-order chi connectivity index (χ1) is 13.5. The normalized spacial score (nSPS) is 10.8. The van der Waals surface area contributed by atoms with Gasteiger partial charge < -0.3 is 14.6 Å². The van der Waals surface area contributed by atoms with Crippen molar-refractivity contribution in [2.75, 3.05) is 7.11 Å². The molecule has 0 aliphatic carbocycles. The Hall–Kier alpha value is -3.08. The monoisotopic (exact) mass is 378 g/mol. The van der Waals surface area contributed by atoms with Crippen LogP contribution in [0.25, 0.3) is 10.9 Å². The summed E-state index contributed by atoms with van der Waals surface area (Å²) in [5.41, 5.74) is 3.46. The van der Waals surface area contributed by atoms with Crippen LogP contribution in [0.4, 0.5) is 0 Å². The minimum absolute atomic E-state index is 0.0117. The summed E-state index contributed by atoms with van der Waals surface area (Å²) in [6.07, 6.45) is 1.32. The van der Waals surface area contributed by atoms with Crippen molar-refractivity contribution in [3.63, 3.8) is 0 Å². The smallest absolute Gasteiger partial charge is 0.253 e. The van der Waals surface area contributed by atoms with E-state index in [0.29, 0.717) is 18.5 Å². The lowest BCUT2D eigenvalue weighted by Crippen LogP contribution is -2.31. The summed E-state index contributed by atoms with van der Waals surface area (Å²) < 4.78 is 5.19. The van der Waals surface area contributed by atoms with Gasteiger partial charge >= 0.3 is 0 Å². The van der Waals surface area contributed by atoms with Gasteiger partial charge in [0.25, 0.3) is 5.56 Å². The third-order valence-electron chi connectivity index (χ3n) is 4.94. The van der Waals surface area contributed by atoms with Crippen LogP contribution in [0.2, 0.25) is 0 Å². The summed E-state index contributed by atoms with van der Waals surface area (Å²) >= 11 is 0. The van der Waals surface area contributed by atoms with Crippen molar-refractivity contribution in [3.05, 3.63) is 75.6 Å². The van der Waals surface area contributed by atoms with E-state index in [1.807, 2.05) is 49.4 Å². The van der Waals surface area contributed by atoms with E-state index in [0.717, 1.165) is 28.6 Å². The van der Waals surface area contributed by atoms with Crippen molar-refractivity contribution >= 4 is 16.8 Å². The zero-order valence-electron chi connectivity index (χ0n) is 16.6. The van der Waals surface area contributed by atoms with Crippen molar-refractivity contribution in [3.8, 4) is 5.75 Å². The van der Waals surface area contributed by atoms with Gasteiger partial charge in [0, 0.05) is 24.0 Å². The number of pyridine rings is 1. The van der Waals surface area contributed by atoms with E-state index < -0.39 is 0 Å². The van der Waals surface area contributed by atoms with Gasteiger partial charge in [-0.25, -0.2) is 0 Å². The van der Waals surface area contributed by atoms with E-state index in [1.54, 1.807) is 12.0 Å². The van der Waals surface area contributed by atoms with E-state index in [-0.39, 0.29) is 18.0 Å². The number of nitrogens with zero attached hydrogens (tertiary/aromatic N) is 1. The molecule has 5 heteroatoms. The Morgan fingerprint density at radius 1 is 1.00 bits per heavy atom. The SMILES string of the molecule is CCC(=O)N(Cc1ccc(OC)cc1)Cc1cc2cc(CC)ccc2[nH]c1=O. The molecule has 0 spiro atoms. The molecule has 0 fully saturated rings. The van der Waals surface area contributed by atoms with Crippen LogP contribution in [-0.2, 0) is 24.3 Å². The molecule has 1 N–H and O–H groups in total. The third-order valence-corrected chi connectivity index (χ3v) is 4.94. The van der Waals surface area contributed by atoms with Gasteiger partial charge in [0.1, 0.15) is 5.75 Å². The second kappa shape index (κ2) is 8.74. The quantitative estimate of drug-likeness (QED) is 0.675. The van der Waals surface area contributed by atoms with E-state index in [1.165, 1.54) is 5.56 Å². The summed E-state index contributed by atoms with van der Waals surface area (Å²) in [4.78, 5) is 29.7. The number of methoxy groups -OCH3 is 1. The maximum absolute atomic E-state index is 12.6. The lowest BCUT2D eigenvalue weighted by Gasteiger charge is -2.22. The molecule has 0 saturated carbocycles. The van der Waals surface area contributed by atoms with Crippen molar-refractivity contribution in [1.82, 2.24) is 9.88 Å². The fourth-order valence-electron chi connectivity index (χ4n) is 3.25. The standard InChI is InChI=1S/C23H26N2O3/c1-4-16-8-11-21-18(12-16)13-19(23(27)24-21)15-25(22(26)5-2)14-17-6-9-20(28-3)10-7-17/h6-13H,4-5,14-15H2,1-3H3,(H,24,27). The molecule has 0 unspecified atom stereocenters. The number of carbonyl (C=O) groups is 1. The van der Waals surface area contributed by atoms with Crippen LogP contribution in [0.3, 0.4) is 0 Å². The predicted molar refractivity (Wildman–Crippen MR) is 111 cm³/mol. The highest BCUT2D eigenvalue weighted by Crippen LogP contribution is 2.18. The zero-order chi connectivity index (χ0) is 20.1. The second-order valence-corrected chi connectivity index (χ2v) is 6.85. The molecule has 0 radical (unpaired) electrons. The first-order valence-corrected chi connectivity index (χ1v) is 9.59. The van der Waals surface area contributed by atoms with Crippen LogP contribution < -0.4 is 10.3 Å². The van der Waals surface area contributed by atoms with E-state index in [4.69, 9.17) is 4.74 Å². The van der Waals surface area contributed by atoms with Crippen LogP contribution in [-0.4, -0.2) is 22.9 Å². The Labute approximate surface area is 165 Å². The number of aryl methyl sites for hydroxylation is 1. The van der Waals surface area contributed by atoms with Crippen LogP contribution in [0.15, 0.2) is 53.3 Å². The van der Waals surface area contributed by atoms with Crippen LogP contribution in [0.1, 0.15) is 37.0 Å². The van der Waals surface area contributed by atoms with E-state index >= 15 is 0 Å². The van der Waals surface area contributed by atoms with Crippen LogP contribution in [0, 0.1) is 0 Å². The van der Waals surface area contributed by atoms with Crippen molar-refractivity contribution in [2.45, 2.75) is 39.8 Å². The van der Waals surface area contributed by atoms with Crippen molar-refractivity contribution in [2.24, 2.45) is 0 Å². The predicted octanol–water partition coefficient (Wildman–Crippen LogP) is 4.04. The number of nitrogens with one attached hydrogen (secondary N) is 1. The highest BCUT2D eigenvalue weighted by Gasteiger charge is 2.15. The Bertz CT molecular complexity index is 1020. The number of carbonyl (C=O) groups excluding carboxylic acids is 1. The van der Waals surface area contributed by atoms with Gasteiger partial charge in [-0.2, -0.15) is 0 Å². The summed E-state index contributed by atoms with van der Waals surface area (Å²) in [6, 6.07) is 15.6. The first kappa shape index (κ1) is 19.7. The molecule has 0 aliphatic heterocycles. The molecule has 1 aromatic heterocycles. The van der Waals surface area contributed by atoms with Gasteiger partial charge in [-0.05, 0) is 53.3 Å². The average molecular weight is 378 g/mol. The molecular weight excluding hydrogens is 352 g/mol. The number of fused-ring (bicyclic) bond motifs is 1. The van der Waals surface area contributed by atoms with Crippen molar-refractivity contribution < 1.29 is 9.53 Å². The molecule has 146 valence electrons. The lowest BCUT2D eigenvalue weighted by molar-refractivity contribution is -0.132. The molecule has 0 aliphatic rings. The molecule has 1 amide bonds. The topological polar surface area (TPSA) is 62.4 Å². The molecule has 0 bridgehead atoms. The van der Waals surface area contributed by atoms with Crippen LogP contribution in [0.5, 0.6) is 5.75 Å². The van der Waals surface area contributed by atoms with Gasteiger partial charge in [-0.3, -0.25) is 9.59 Å². The van der Waals surface area contributed by atoms with E-state index in [9.17, 15) is 9.59 Å². The summed E-state index contributed by atoms with van der Waals surface area (Å²) in [5, 5.41) is 0.988. The molecule has 5 nitrogen and oxygen atoms in total. The van der Waals surface area contributed by atoms with Gasteiger partial charge in [-0.15, -0.1) is 0 Å². The summed E-state index contributed by atoms with van der Waals surface area (Å²) in [6.45, 7) is 4.66. The molecular formula is C23H26N2O3. The van der Waals surface area contributed by atoms with E-state index in [2.05, 4.69) is 18.0 Å². The summed E-state index contributed by atoms with van der Waals surface area (Å²) in [5.74, 6) is 0.785. The van der Waals surface area contributed by atoms with Crippen molar-refractivity contribution in [1.29, 1.82) is 0 Å². The Balaban J connectivity index is 1.90. The molecule has 3 aromatic rings. The number of ether oxygens (including phenoxy) is 1. The number of aromatic nitrogens is 1. The van der Waals surface area contributed by atoms with Gasteiger partial charge in [0.15, 0.2) is 0 Å². The Morgan fingerprint density at radius 3 is 2.36 bits per heavy atom. The maximum atomic E-state index is 12.6. The second-order valence-electron chi connectivity index (χ2n) is 6.85.